The first-order valence-electron chi connectivity index (χ1n) is 16.6. The molecule has 0 unspecified atom stereocenters. The number of benzene rings is 4. The first-order valence-corrected chi connectivity index (χ1v) is 16.6. The lowest BCUT2D eigenvalue weighted by Gasteiger charge is -2.26. The fourth-order valence-corrected chi connectivity index (χ4v) is 6.94. The van der Waals surface area contributed by atoms with Crippen molar-refractivity contribution in [3.8, 4) is 39.6 Å². The molecule has 1 aromatic heterocycles. The number of aromatic nitrogens is 1. The Kier molecular flexibility index (Phi) is 8.82. The fourth-order valence-electron chi connectivity index (χ4n) is 6.94. The van der Waals surface area contributed by atoms with Gasteiger partial charge in [0.05, 0.1) is 11.3 Å². The van der Waals surface area contributed by atoms with Crippen LogP contribution < -0.4 is 14.2 Å². The summed E-state index contributed by atoms with van der Waals surface area (Å²) in [6.07, 6.45) is 4.53. The molecule has 8 heteroatoms. The predicted molar refractivity (Wildman–Crippen MR) is 185 cm³/mol. The second-order valence-corrected chi connectivity index (χ2v) is 12.5. The zero-order valence-electron chi connectivity index (χ0n) is 27.3. The van der Waals surface area contributed by atoms with Crippen LogP contribution in [-0.4, -0.2) is 53.4 Å². The SMILES string of the molecule is CC(=O)Oc1ccc(-c2ccc3c(C(=O)c4ccc(OCCN5CCCCC5)cc4)c4n(c3c2)CCc2cc(OC(C)=O)ccc2-4)cc1. The Labute approximate surface area is 279 Å². The number of hydrogen-bond acceptors (Lipinski definition) is 7. The monoisotopic (exact) mass is 642 g/mol. The third-order valence-corrected chi connectivity index (χ3v) is 9.18. The maximum absolute atomic E-state index is 14.5. The lowest BCUT2D eigenvalue weighted by Crippen LogP contribution is -2.33. The predicted octanol–water partition coefficient (Wildman–Crippen LogP) is 7.48. The molecule has 48 heavy (non-hydrogen) atoms. The van der Waals surface area contributed by atoms with Crippen LogP contribution in [0, 0.1) is 0 Å². The highest BCUT2D eigenvalue weighted by Crippen LogP contribution is 2.42. The van der Waals surface area contributed by atoms with Crippen molar-refractivity contribution < 1.29 is 28.6 Å². The van der Waals surface area contributed by atoms with Gasteiger partial charge in [-0.05, 0) is 110 Å². The molecular formula is C40H38N2O6. The minimum Gasteiger partial charge on any atom is -0.492 e. The summed E-state index contributed by atoms with van der Waals surface area (Å²) in [5.41, 5.74) is 6.97. The van der Waals surface area contributed by atoms with Crippen molar-refractivity contribution in [2.75, 3.05) is 26.2 Å². The van der Waals surface area contributed by atoms with Crippen LogP contribution in [0.2, 0.25) is 0 Å². The Morgan fingerprint density at radius 2 is 1.35 bits per heavy atom. The molecule has 244 valence electrons. The van der Waals surface area contributed by atoms with Gasteiger partial charge in [-0.15, -0.1) is 0 Å². The molecular weight excluding hydrogens is 604 g/mol. The van der Waals surface area contributed by atoms with Crippen molar-refractivity contribution in [1.82, 2.24) is 9.47 Å². The third kappa shape index (κ3) is 6.49. The molecule has 0 atom stereocenters. The molecule has 2 aliphatic rings. The number of aryl methyl sites for hydroxylation is 2. The molecule has 0 bridgehead atoms. The van der Waals surface area contributed by atoms with Gasteiger partial charge in [0, 0.05) is 49.0 Å². The molecule has 2 aliphatic heterocycles. The molecule has 1 fully saturated rings. The number of hydrogen-bond donors (Lipinski definition) is 0. The highest BCUT2D eigenvalue weighted by atomic mass is 16.5. The van der Waals surface area contributed by atoms with Gasteiger partial charge in [0.2, 0.25) is 0 Å². The molecule has 0 amide bonds. The second kappa shape index (κ2) is 13.5. The lowest BCUT2D eigenvalue weighted by atomic mass is 9.92. The summed E-state index contributed by atoms with van der Waals surface area (Å²) >= 11 is 0. The van der Waals surface area contributed by atoms with E-state index in [1.807, 2.05) is 60.7 Å². The standard InChI is InChI=1S/C40H38N2O6/c1-26(43)47-33-13-6-28(7-14-33)30-10-16-36-37(25-30)42-21-18-31-24-34(48-27(2)44)15-17-35(31)39(42)38(36)40(45)29-8-11-32(12-9-29)46-23-22-41-19-4-3-5-20-41/h6-17,24-25H,3-5,18-23H2,1-2H3. The van der Waals surface area contributed by atoms with Gasteiger partial charge in [-0.2, -0.15) is 0 Å². The normalized spacial score (nSPS) is 14.2. The van der Waals surface area contributed by atoms with Crippen molar-refractivity contribution in [3.63, 3.8) is 0 Å². The molecule has 8 nitrogen and oxygen atoms in total. The van der Waals surface area contributed by atoms with Crippen LogP contribution in [0.4, 0.5) is 0 Å². The van der Waals surface area contributed by atoms with Gasteiger partial charge in [-0.1, -0.05) is 30.7 Å². The summed E-state index contributed by atoms with van der Waals surface area (Å²) in [6.45, 7) is 7.21. The van der Waals surface area contributed by atoms with Crippen LogP contribution in [0.5, 0.6) is 17.2 Å². The summed E-state index contributed by atoms with van der Waals surface area (Å²) in [7, 11) is 0. The van der Waals surface area contributed by atoms with E-state index in [0.29, 0.717) is 35.8 Å². The van der Waals surface area contributed by atoms with E-state index in [9.17, 15) is 14.4 Å². The van der Waals surface area contributed by atoms with Gasteiger partial charge in [0.25, 0.3) is 0 Å². The van der Waals surface area contributed by atoms with Crippen molar-refractivity contribution in [1.29, 1.82) is 0 Å². The zero-order chi connectivity index (χ0) is 33.2. The quantitative estimate of drug-likeness (QED) is 0.0936. The minimum absolute atomic E-state index is 0.0657. The van der Waals surface area contributed by atoms with Gasteiger partial charge in [-0.3, -0.25) is 19.3 Å². The molecule has 0 radical (unpaired) electrons. The number of fused-ring (bicyclic) bond motifs is 5. The molecule has 0 aliphatic carbocycles. The summed E-state index contributed by atoms with van der Waals surface area (Å²) in [6, 6.07) is 26.7. The number of ketones is 1. The van der Waals surface area contributed by atoms with Crippen LogP contribution in [0.15, 0.2) is 84.9 Å². The Bertz CT molecular complexity index is 2000. The van der Waals surface area contributed by atoms with Crippen molar-refractivity contribution in [2.24, 2.45) is 0 Å². The minimum atomic E-state index is -0.372. The molecule has 0 N–H and O–H groups in total. The average Bonchev–Trinajstić information content (AvgIpc) is 3.42. The Balaban J connectivity index is 1.24. The summed E-state index contributed by atoms with van der Waals surface area (Å²) in [5, 5.41) is 0.869. The van der Waals surface area contributed by atoms with Crippen LogP contribution in [0.1, 0.15) is 54.6 Å². The van der Waals surface area contributed by atoms with E-state index >= 15 is 0 Å². The highest BCUT2D eigenvalue weighted by molar-refractivity contribution is 6.21. The van der Waals surface area contributed by atoms with E-state index in [0.717, 1.165) is 70.7 Å². The van der Waals surface area contributed by atoms with Gasteiger partial charge < -0.3 is 18.8 Å². The van der Waals surface area contributed by atoms with E-state index < -0.39 is 0 Å². The van der Waals surface area contributed by atoms with Crippen LogP contribution >= 0.6 is 0 Å². The maximum Gasteiger partial charge on any atom is 0.308 e. The first kappa shape index (κ1) is 31.4. The van der Waals surface area contributed by atoms with Gasteiger partial charge in [0.1, 0.15) is 23.9 Å². The number of carbonyl (C=O) groups is 3. The van der Waals surface area contributed by atoms with E-state index in [1.165, 1.54) is 33.1 Å². The number of likely N-dealkylation sites (tertiary alicyclic amines) is 1. The Morgan fingerprint density at radius 3 is 2.08 bits per heavy atom. The van der Waals surface area contributed by atoms with Crippen LogP contribution in [0.3, 0.4) is 0 Å². The van der Waals surface area contributed by atoms with Crippen molar-refractivity contribution in [3.05, 3.63) is 102 Å². The Morgan fingerprint density at radius 1 is 0.688 bits per heavy atom. The Hall–Kier alpha value is -5.21. The molecule has 5 aromatic rings. The number of esters is 2. The number of nitrogens with zero attached hydrogens (tertiary/aromatic N) is 2. The second-order valence-electron chi connectivity index (χ2n) is 12.5. The summed E-state index contributed by atoms with van der Waals surface area (Å²) in [4.78, 5) is 40.0. The molecule has 1 saturated heterocycles. The van der Waals surface area contributed by atoms with Gasteiger partial charge >= 0.3 is 11.9 Å². The number of ether oxygens (including phenoxy) is 3. The van der Waals surface area contributed by atoms with E-state index in [1.54, 1.807) is 18.2 Å². The maximum atomic E-state index is 14.5. The van der Waals surface area contributed by atoms with Crippen LogP contribution in [0.25, 0.3) is 33.3 Å². The average molecular weight is 643 g/mol. The smallest absolute Gasteiger partial charge is 0.308 e. The molecule has 7 rings (SSSR count). The molecule has 0 saturated carbocycles. The fraction of sp³-hybridized carbons (Fsp3) is 0.275. The largest absolute Gasteiger partial charge is 0.492 e. The zero-order valence-corrected chi connectivity index (χ0v) is 27.3. The topological polar surface area (TPSA) is 87.1 Å². The van der Waals surface area contributed by atoms with E-state index in [2.05, 4.69) is 15.5 Å². The summed E-state index contributed by atoms with van der Waals surface area (Å²) < 4.78 is 18.9. The van der Waals surface area contributed by atoms with Crippen LogP contribution in [-0.2, 0) is 22.6 Å². The number of rotatable bonds is 9. The van der Waals surface area contributed by atoms with Gasteiger partial charge in [0.15, 0.2) is 5.78 Å². The first-order chi connectivity index (χ1) is 23.3. The lowest BCUT2D eigenvalue weighted by molar-refractivity contribution is -0.132. The van der Waals surface area contributed by atoms with E-state index in [4.69, 9.17) is 14.2 Å². The third-order valence-electron chi connectivity index (χ3n) is 9.18. The highest BCUT2D eigenvalue weighted by Gasteiger charge is 2.29. The number of carbonyl (C=O) groups excluding carboxylic acids is 3. The van der Waals surface area contributed by atoms with Crippen molar-refractivity contribution in [2.45, 2.75) is 46.1 Å². The van der Waals surface area contributed by atoms with Gasteiger partial charge in [-0.25, -0.2) is 0 Å². The molecule has 3 heterocycles. The molecule has 4 aromatic carbocycles. The van der Waals surface area contributed by atoms with E-state index in [-0.39, 0.29) is 17.7 Å². The number of piperidine rings is 1. The summed E-state index contributed by atoms with van der Waals surface area (Å²) in [5.74, 6) is 0.932. The van der Waals surface area contributed by atoms with Crippen molar-refractivity contribution >= 4 is 28.6 Å². The molecule has 0 spiro atoms.